The number of hydrogen-bond donors (Lipinski definition) is 1. The van der Waals surface area contributed by atoms with Crippen LogP contribution in [0.4, 0.5) is 11.4 Å². The fraction of sp³-hybridized carbons (Fsp3) is 0.0588. The molecule has 1 aliphatic heterocycles. The topological polar surface area (TPSA) is 98.5 Å². The predicted molar refractivity (Wildman–Crippen MR) is 94.9 cm³/mol. The molecular formula is C17H12N3O4S-. The minimum Gasteiger partial charge on any atom is -0.868 e. The van der Waals surface area contributed by atoms with Gasteiger partial charge in [-0.3, -0.25) is 19.8 Å². The van der Waals surface area contributed by atoms with E-state index in [1.807, 2.05) is 25.1 Å². The molecule has 1 N–H and O–H groups in total. The normalized spacial score (nSPS) is 15.6. The van der Waals surface area contributed by atoms with Crippen LogP contribution >= 0.6 is 12.2 Å². The third-order valence-corrected chi connectivity index (χ3v) is 3.91. The van der Waals surface area contributed by atoms with Crippen molar-refractivity contribution < 1.29 is 14.8 Å². The van der Waals surface area contributed by atoms with E-state index in [9.17, 15) is 20.0 Å². The van der Waals surface area contributed by atoms with Gasteiger partial charge in [0.1, 0.15) is 5.70 Å². The SMILES string of the molecule is Cc1cccc(N2C(=O)/C(=C\c3ccc([O-])c([N+](=O)[O-])c3)NC2=S)c1. The molecule has 25 heavy (non-hydrogen) atoms. The molecule has 0 aliphatic carbocycles. The minimum atomic E-state index is -0.752. The summed E-state index contributed by atoms with van der Waals surface area (Å²) < 4.78 is 0. The molecule has 126 valence electrons. The van der Waals surface area contributed by atoms with Crippen molar-refractivity contribution in [1.29, 1.82) is 0 Å². The minimum absolute atomic E-state index is 0.180. The van der Waals surface area contributed by atoms with E-state index in [1.54, 1.807) is 6.07 Å². The van der Waals surface area contributed by atoms with Crippen LogP contribution < -0.4 is 15.3 Å². The lowest BCUT2D eigenvalue weighted by atomic mass is 10.1. The summed E-state index contributed by atoms with van der Waals surface area (Å²) in [7, 11) is 0. The molecule has 2 aromatic carbocycles. The van der Waals surface area contributed by atoms with Crippen molar-refractivity contribution in [2.75, 3.05) is 4.90 Å². The number of aryl methyl sites for hydroxylation is 1. The number of nitro groups is 1. The Hall–Kier alpha value is -3.26. The van der Waals surface area contributed by atoms with Gasteiger partial charge < -0.3 is 10.4 Å². The maximum absolute atomic E-state index is 12.6. The van der Waals surface area contributed by atoms with Crippen LogP contribution in [0.3, 0.4) is 0 Å². The predicted octanol–water partition coefficient (Wildman–Crippen LogP) is 2.24. The molecule has 1 heterocycles. The molecule has 1 fully saturated rings. The number of benzene rings is 2. The number of rotatable bonds is 3. The number of amides is 1. The Balaban J connectivity index is 1.96. The molecule has 3 rings (SSSR count). The second kappa shape index (κ2) is 6.33. The molecule has 1 amide bonds. The summed E-state index contributed by atoms with van der Waals surface area (Å²) in [5, 5.41) is 25.4. The van der Waals surface area contributed by atoms with Gasteiger partial charge in [-0.1, -0.05) is 24.3 Å². The van der Waals surface area contributed by atoms with Crippen molar-refractivity contribution >= 4 is 40.7 Å². The summed E-state index contributed by atoms with van der Waals surface area (Å²) in [5.41, 5.74) is 1.60. The molecule has 0 radical (unpaired) electrons. The Kier molecular flexibility index (Phi) is 4.20. The number of carbonyl (C=O) groups is 1. The molecule has 0 spiro atoms. The van der Waals surface area contributed by atoms with Crippen LogP contribution in [0.5, 0.6) is 5.75 Å². The third-order valence-electron chi connectivity index (χ3n) is 3.63. The molecular weight excluding hydrogens is 342 g/mol. The van der Waals surface area contributed by atoms with Crippen LogP contribution in [0.25, 0.3) is 6.08 Å². The third kappa shape index (κ3) is 3.20. The van der Waals surface area contributed by atoms with Crippen LogP contribution in [-0.2, 0) is 4.79 Å². The number of nitrogens with one attached hydrogen (secondary N) is 1. The highest BCUT2D eigenvalue weighted by Crippen LogP contribution is 2.27. The molecule has 0 bridgehead atoms. The molecule has 0 atom stereocenters. The van der Waals surface area contributed by atoms with Gasteiger partial charge in [0.2, 0.25) is 0 Å². The van der Waals surface area contributed by atoms with Gasteiger partial charge >= 0.3 is 0 Å². The molecule has 7 nitrogen and oxygen atoms in total. The summed E-state index contributed by atoms with van der Waals surface area (Å²) in [6.07, 6.45) is 1.43. The monoisotopic (exact) mass is 354 g/mol. The molecule has 1 saturated heterocycles. The first-order valence-corrected chi connectivity index (χ1v) is 7.67. The number of anilines is 1. The fourth-order valence-electron chi connectivity index (χ4n) is 2.47. The van der Waals surface area contributed by atoms with Crippen LogP contribution in [0, 0.1) is 17.0 Å². The number of thiocarbonyl (C=S) groups is 1. The second-order valence-electron chi connectivity index (χ2n) is 5.45. The molecule has 8 heteroatoms. The number of nitro benzene ring substituents is 1. The lowest BCUT2D eigenvalue weighted by Gasteiger charge is -2.14. The van der Waals surface area contributed by atoms with Crippen molar-refractivity contribution in [2.45, 2.75) is 6.92 Å². The van der Waals surface area contributed by atoms with Crippen molar-refractivity contribution in [3.05, 3.63) is 69.4 Å². The highest BCUT2D eigenvalue weighted by atomic mass is 32.1. The Morgan fingerprint density at radius 1 is 1.24 bits per heavy atom. The number of hydrogen-bond acceptors (Lipinski definition) is 5. The highest BCUT2D eigenvalue weighted by Gasteiger charge is 2.32. The summed E-state index contributed by atoms with van der Waals surface area (Å²) in [6.45, 7) is 1.90. The first-order chi connectivity index (χ1) is 11.9. The van der Waals surface area contributed by atoms with E-state index in [0.29, 0.717) is 11.3 Å². The average molecular weight is 354 g/mol. The lowest BCUT2D eigenvalue weighted by Crippen LogP contribution is -2.30. The fourth-order valence-corrected chi connectivity index (χ4v) is 2.77. The molecule has 0 unspecified atom stereocenters. The smallest absolute Gasteiger partial charge is 0.281 e. The first kappa shape index (κ1) is 16.6. The zero-order valence-electron chi connectivity index (χ0n) is 13.1. The van der Waals surface area contributed by atoms with Crippen molar-refractivity contribution in [2.24, 2.45) is 0 Å². The number of carbonyl (C=O) groups excluding carboxylic acids is 1. The standard InChI is InChI=1S/C17H13N3O4S/c1-10-3-2-4-12(7-10)19-16(22)13(18-17(19)25)8-11-5-6-15(21)14(9-11)20(23)24/h2-9,21H,1H3,(H,18,25)/p-1/b13-8+. The summed E-state index contributed by atoms with van der Waals surface area (Å²) >= 11 is 5.22. The van der Waals surface area contributed by atoms with E-state index in [1.165, 1.54) is 17.0 Å². The van der Waals surface area contributed by atoms with Gasteiger partial charge in [0, 0.05) is 6.07 Å². The maximum atomic E-state index is 12.6. The van der Waals surface area contributed by atoms with Crippen molar-refractivity contribution in [3.8, 4) is 5.75 Å². The van der Waals surface area contributed by atoms with Crippen molar-refractivity contribution in [3.63, 3.8) is 0 Å². The highest BCUT2D eigenvalue weighted by molar-refractivity contribution is 7.80. The van der Waals surface area contributed by atoms with E-state index < -0.39 is 16.4 Å². The number of nitrogens with zero attached hydrogens (tertiary/aromatic N) is 2. The molecule has 1 aliphatic rings. The van der Waals surface area contributed by atoms with Crippen LogP contribution in [0.1, 0.15) is 11.1 Å². The molecule has 2 aromatic rings. The first-order valence-electron chi connectivity index (χ1n) is 7.26. The zero-order valence-corrected chi connectivity index (χ0v) is 13.9. The Bertz CT molecular complexity index is 939. The van der Waals surface area contributed by atoms with Gasteiger partial charge in [0.25, 0.3) is 11.6 Å². The van der Waals surface area contributed by atoms with Gasteiger partial charge in [-0.15, -0.1) is 0 Å². The lowest BCUT2D eigenvalue weighted by molar-refractivity contribution is -0.398. The van der Waals surface area contributed by atoms with E-state index >= 15 is 0 Å². The summed E-state index contributed by atoms with van der Waals surface area (Å²) in [6, 6.07) is 10.9. The van der Waals surface area contributed by atoms with Crippen LogP contribution in [-0.4, -0.2) is 15.9 Å². The average Bonchev–Trinajstić information content (AvgIpc) is 2.83. The summed E-state index contributed by atoms with van der Waals surface area (Å²) in [5.74, 6) is -1.06. The van der Waals surface area contributed by atoms with Gasteiger partial charge in [0.15, 0.2) is 5.11 Å². The quantitative estimate of drug-likeness (QED) is 0.393. The molecule has 0 saturated carbocycles. The van der Waals surface area contributed by atoms with E-state index in [-0.39, 0.29) is 16.7 Å². The van der Waals surface area contributed by atoms with E-state index in [2.05, 4.69) is 5.32 Å². The van der Waals surface area contributed by atoms with Gasteiger partial charge in [-0.25, -0.2) is 0 Å². The van der Waals surface area contributed by atoms with E-state index in [4.69, 9.17) is 12.2 Å². The zero-order chi connectivity index (χ0) is 18.1. The van der Waals surface area contributed by atoms with Gasteiger partial charge in [-0.2, -0.15) is 0 Å². The Labute approximate surface area is 148 Å². The second-order valence-corrected chi connectivity index (χ2v) is 5.84. The van der Waals surface area contributed by atoms with Gasteiger partial charge in [-0.05, 0) is 54.2 Å². The Morgan fingerprint density at radius 2 is 2.00 bits per heavy atom. The summed E-state index contributed by atoms with van der Waals surface area (Å²) in [4.78, 5) is 24.1. The maximum Gasteiger partial charge on any atom is 0.281 e. The largest absolute Gasteiger partial charge is 0.868 e. The van der Waals surface area contributed by atoms with Crippen molar-refractivity contribution in [1.82, 2.24) is 5.32 Å². The van der Waals surface area contributed by atoms with E-state index in [0.717, 1.165) is 17.7 Å². The Morgan fingerprint density at radius 3 is 2.68 bits per heavy atom. The molecule has 0 aromatic heterocycles. The van der Waals surface area contributed by atoms with Crippen LogP contribution in [0.2, 0.25) is 0 Å². The van der Waals surface area contributed by atoms with Crippen LogP contribution in [0.15, 0.2) is 48.2 Å². The van der Waals surface area contributed by atoms with Gasteiger partial charge in [0.05, 0.1) is 10.6 Å².